The summed E-state index contributed by atoms with van der Waals surface area (Å²) in [5, 5.41) is 11.5. The number of rotatable bonds is 4. The minimum absolute atomic E-state index is 0.300. The molecule has 3 rings (SSSR count). The smallest absolute Gasteiger partial charge is 0.247 e. The zero-order valence-electron chi connectivity index (χ0n) is 12.1. The zero-order valence-corrected chi connectivity index (χ0v) is 13.7. The van der Waals surface area contributed by atoms with Crippen LogP contribution in [0, 0.1) is 10.6 Å². The summed E-state index contributed by atoms with van der Waals surface area (Å²) >= 11 is 6.74. The Morgan fingerprint density at radius 3 is 2.96 bits per heavy atom. The third-order valence-corrected chi connectivity index (χ3v) is 4.46. The molecule has 0 bridgehead atoms. The maximum atomic E-state index is 13.2. The van der Waals surface area contributed by atoms with Crippen LogP contribution in [0.1, 0.15) is 13.0 Å². The predicted molar refractivity (Wildman–Crippen MR) is 90.5 cm³/mol. The fourth-order valence-corrected chi connectivity index (χ4v) is 3.17. The topological polar surface area (TPSA) is 62.7 Å². The fraction of sp³-hybridized carbons (Fsp3) is 0.133. The van der Waals surface area contributed by atoms with Crippen LogP contribution in [-0.2, 0) is 4.79 Å². The number of hydrogen-bond acceptors (Lipinski definition) is 4. The van der Waals surface area contributed by atoms with Gasteiger partial charge in [-0.2, -0.15) is 5.10 Å². The Balaban J connectivity index is 1.89. The van der Waals surface area contributed by atoms with Gasteiger partial charge in [-0.3, -0.25) is 14.5 Å². The second-order valence-corrected chi connectivity index (χ2v) is 6.21. The summed E-state index contributed by atoms with van der Waals surface area (Å²) in [6.45, 7) is 1.72. The number of H-pyrrole nitrogens is 1. The Morgan fingerprint density at radius 2 is 2.26 bits per heavy atom. The molecule has 0 unspecified atom stereocenters. The molecule has 0 saturated carbocycles. The molecule has 8 heteroatoms. The standard InChI is InChI=1S/C15H13FN4OS2/c1-9(14(21)17-11-5-2-4-10(16)8-11)20-13(18-19-15(20)22)12-6-3-7-23-12/h2-9H,1H3,(H,17,21)(H,19,22)/t9-/m1/s1. The molecule has 0 spiro atoms. The molecule has 118 valence electrons. The SMILES string of the molecule is C[C@H](C(=O)Nc1cccc(F)c1)n1c(-c2cccs2)n[nH]c1=S. The van der Waals surface area contributed by atoms with E-state index < -0.39 is 11.9 Å². The molecule has 0 aliphatic carbocycles. The molecule has 0 saturated heterocycles. The molecule has 1 amide bonds. The number of hydrogen-bond donors (Lipinski definition) is 2. The largest absolute Gasteiger partial charge is 0.324 e. The molecule has 23 heavy (non-hydrogen) atoms. The molecule has 5 nitrogen and oxygen atoms in total. The van der Waals surface area contributed by atoms with Crippen LogP contribution in [0.15, 0.2) is 41.8 Å². The van der Waals surface area contributed by atoms with E-state index in [9.17, 15) is 9.18 Å². The number of nitrogens with one attached hydrogen (secondary N) is 2. The number of halogens is 1. The van der Waals surface area contributed by atoms with Crippen molar-refractivity contribution in [1.29, 1.82) is 0 Å². The first kappa shape index (κ1) is 15.6. The van der Waals surface area contributed by atoms with Gasteiger partial charge in [-0.15, -0.1) is 11.3 Å². The lowest BCUT2D eigenvalue weighted by molar-refractivity contribution is -0.118. The van der Waals surface area contributed by atoms with Gasteiger partial charge in [0.25, 0.3) is 0 Å². The van der Waals surface area contributed by atoms with Crippen LogP contribution < -0.4 is 5.32 Å². The normalized spacial score (nSPS) is 12.1. The molecule has 0 aliphatic rings. The first-order chi connectivity index (χ1) is 11.1. The summed E-state index contributed by atoms with van der Waals surface area (Å²) in [7, 11) is 0. The molecular weight excluding hydrogens is 335 g/mol. The second-order valence-electron chi connectivity index (χ2n) is 4.88. The lowest BCUT2D eigenvalue weighted by Gasteiger charge is -2.15. The molecule has 0 radical (unpaired) electrons. The Labute approximate surface area is 140 Å². The van der Waals surface area contributed by atoms with Crippen LogP contribution in [0.4, 0.5) is 10.1 Å². The van der Waals surface area contributed by atoms with E-state index in [4.69, 9.17) is 12.2 Å². The Morgan fingerprint density at radius 1 is 1.43 bits per heavy atom. The van der Waals surface area contributed by atoms with Crippen LogP contribution in [0.25, 0.3) is 10.7 Å². The third-order valence-electron chi connectivity index (χ3n) is 3.30. The van der Waals surface area contributed by atoms with Gasteiger partial charge >= 0.3 is 0 Å². The summed E-state index contributed by atoms with van der Waals surface area (Å²) in [5.74, 6) is -0.104. The van der Waals surface area contributed by atoms with Crippen LogP contribution in [0.3, 0.4) is 0 Å². The van der Waals surface area contributed by atoms with E-state index in [2.05, 4.69) is 15.5 Å². The second kappa shape index (κ2) is 6.43. The molecule has 2 aromatic heterocycles. The molecule has 1 atom stereocenters. The van der Waals surface area contributed by atoms with Gasteiger partial charge in [0.1, 0.15) is 11.9 Å². The molecule has 0 aliphatic heterocycles. The van der Waals surface area contributed by atoms with Crippen molar-refractivity contribution in [3.8, 4) is 10.7 Å². The monoisotopic (exact) mass is 348 g/mol. The predicted octanol–water partition coefficient (Wildman–Crippen LogP) is 4.01. The molecule has 3 aromatic rings. The number of thiophene rings is 1. The number of nitrogens with zero attached hydrogens (tertiary/aromatic N) is 2. The Hall–Kier alpha value is -2.32. The first-order valence-electron chi connectivity index (χ1n) is 6.83. The summed E-state index contributed by atoms with van der Waals surface area (Å²) in [5.41, 5.74) is 0.398. The van der Waals surface area contributed by atoms with Gasteiger partial charge in [0.05, 0.1) is 4.88 Å². The van der Waals surface area contributed by atoms with Crippen molar-refractivity contribution in [2.75, 3.05) is 5.32 Å². The van der Waals surface area contributed by atoms with Crippen molar-refractivity contribution in [3.05, 3.63) is 52.4 Å². The molecule has 0 fully saturated rings. The summed E-state index contributed by atoms with van der Waals surface area (Å²) in [6.07, 6.45) is 0. The number of anilines is 1. The highest BCUT2D eigenvalue weighted by Gasteiger charge is 2.21. The summed E-state index contributed by atoms with van der Waals surface area (Å²) in [6, 6.07) is 8.96. The van der Waals surface area contributed by atoms with Crippen molar-refractivity contribution < 1.29 is 9.18 Å². The minimum atomic E-state index is -0.596. The van der Waals surface area contributed by atoms with Gasteiger partial charge in [0.2, 0.25) is 5.91 Å². The van der Waals surface area contributed by atoms with Crippen LogP contribution in [-0.4, -0.2) is 20.7 Å². The van der Waals surface area contributed by atoms with Crippen molar-refractivity contribution in [2.45, 2.75) is 13.0 Å². The van der Waals surface area contributed by atoms with E-state index in [0.717, 1.165) is 4.88 Å². The van der Waals surface area contributed by atoms with Gasteiger partial charge in [-0.05, 0) is 48.8 Å². The lowest BCUT2D eigenvalue weighted by atomic mass is 10.2. The van der Waals surface area contributed by atoms with E-state index >= 15 is 0 Å². The van der Waals surface area contributed by atoms with Crippen molar-refractivity contribution in [2.24, 2.45) is 0 Å². The molecular formula is C15H13FN4OS2. The Bertz CT molecular complexity index is 885. The number of aromatic nitrogens is 3. The van der Waals surface area contributed by atoms with Gasteiger partial charge in [0, 0.05) is 5.69 Å². The van der Waals surface area contributed by atoms with Gasteiger partial charge in [0.15, 0.2) is 10.6 Å². The van der Waals surface area contributed by atoms with Crippen molar-refractivity contribution in [1.82, 2.24) is 14.8 Å². The number of amides is 1. The fourth-order valence-electron chi connectivity index (χ4n) is 2.17. The quantitative estimate of drug-likeness (QED) is 0.700. The summed E-state index contributed by atoms with van der Waals surface area (Å²) < 4.78 is 15.2. The number of benzene rings is 1. The van der Waals surface area contributed by atoms with E-state index in [1.807, 2.05) is 17.5 Å². The highest BCUT2D eigenvalue weighted by molar-refractivity contribution is 7.71. The highest BCUT2D eigenvalue weighted by atomic mass is 32.1. The number of aromatic amines is 1. The summed E-state index contributed by atoms with van der Waals surface area (Å²) in [4.78, 5) is 13.4. The van der Waals surface area contributed by atoms with E-state index in [-0.39, 0.29) is 5.91 Å². The molecule has 2 heterocycles. The zero-order chi connectivity index (χ0) is 16.4. The van der Waals surface area contributed by atoms with E-state index in [1.54, 1.807) is 17.6 Å². The van der Waals surface area contributed by atoms with Gasteiger partial charge < -0.3 is 5.32 Å². The maximum absolute atomic E-state index is 13.2. The molecule has 2 N–H and O–H groups in total. The maximum Gasteiger partial charge on any atom is 0.247 e. The average Bonchev–Trinajstić information content (AvgIpc) is 3.15. The minimum Gasteiger partial charge on any atom is -0.324 e. The van der Waals surface area contributed by atoms with Crippen molar-refractivity contribution in [3.63, 3.8) is 0 Å². The number of carbonyl (C=O) groups is 1. The van der Waals surface area contributed by atoms with Crippen molar-refractivity contribution >= 4 is 35.1 Å². The van der Waals surface area contributed by atoms with E-state index in [1.165, 1.54) is 29.5 Å². The van der Waals surface area contributed by atoms with Crippen LogP contribution >= 0.6 is 23.6 Å². The van der Waals surface area contributed by atoms with Gasteiger partial charge in [-0.25, -0.2) is 4.39 Å². The van der Waals surface area contributed by atoms with Gasteiger partial charge in [-0.1, -0.05) is 12.1 Å². The third kappa shape index (κ3) is 3.22. The van der Waals surface area contributed by atoms with E-state index in [0.29, 0.717) is 16.3 Å². The van der Waals surface area contributed by atoms with Crippen LogP contribution in [0.5, 0.6) is 0 Å². The highest BCUT2D eigenvalue weighted by Crippen LogP contribution is 2.26. The Kier molecular flexibility index (Phi) is 4.35. The average molecular weight is 348 g/mol. The first-order valence-corrected chi connectivity index (χ1v) is 8.12. The lowest BCUT2D eigenvalue weighted by Crippen LogP contribution is -2.24. The number of carbonyl (C=O) groups excluding carboxylic acids is 1. The van der Waals surface area contributed by atoms with Crippen LogP contribution in [0.2, 0.25) is 0 Å². The molecule has 1 aromatic carbocycles.